The molecule has 0 atom stereocenters. The number of rotatable bonds is 4. The quantitative estimate of drug-likeness (QED) is 0.251. The van der Waals surface area contributed by atoms with Crippen LogP contribution in [0.25, 0.3) is 38.6 Å². The highest BCUT2D eigenvalue weighted by atomic mass is 15.2. The molecule has 0 aliphatic rings. The van der Waals surface area contributed by atoms with Crippen molar-refractivity contribution in [3.63, 3.8) is 0 Å². The van der Waals surface area contributed by atoms with Crippen LogP contribution in [0.15, 0.2) is 127 Å². The molecule has 6 aromatic rings. The minimum Gasteiger partial charge on any atom is -0.336 e. The summed E-state index contributed by atoms with van der Waals surface area (Å²) in [4.78, 5) is 2.43. The van der Waals surface area contributed by atoms with Gasteiger partial charge in [-0.25, -0.2) is 0 Å². The third-order valence-electron chi connectivity index (χ3n) is 6.83. The standard InChI is InChI=1S/C34H30N2/c1-34(2,3)36(27-22-20-26(21-23-27)25-12-5-4-6-13-25)29-15-11-14-28(24-29)35-32-18-9-7-16-30(32)31-17-8-10-19-33(31)35/h4-24H,1-3H3. The van der Waals surface area contributed by atoms with Crippen LogP contribution in [0.2, 0.25) is 0 Å². The fraction of sp³-hybridized carbons (Fsp3) is 0.118. The molecule has 0 spiro atoms. The summed E-state index contributed by atoms with van der Waals surface area (Å²) < 4.78 is 2.38. The van der Waals surface area contributed by atoms with Gasteiger partial charge in [0.1, 0.15) is 0 Å². The van der Waals surface area contributed by atoms with Crippen molar-refractivity contribution in [2.75, 3.05) is 4.90 Å². The Morgan fingerprint density at radius 3 is 1.67 bits per heavy atom. The number of hydrogen-bond donors (Lipinski definition) is 0. The molecule has 0 N–H and O–H groups in total. The van der Waals surface area contributed by atoms with Crippen molar-refractivity contribution in [3.05, 3.63) is 127 Å². The Balaban J connectivity index is 1.48. The van der Waals surface area contributed by atoms with Crippen molar-refractivity contribution in [3.8, 4) is 16.8 Å². The number of para-hydroxylation sites is 2. The monoisotopic (exact) mass is 466 g/mol. The van der Waals surface area contributed by atoms with Gasteiger partial charge in [0.2, 0.25) is 0 Å². The van der Waals surface area contributed by atoms with E-state index in [1.807, 2.05) is 0 Å². The van der Waals surface area contributed by atoms with Crippen LogP contribution >= 0.6 is 0 Å². The zero-order valence-electron chi connectivity index (χ0n) is 21.0. The number of hydrogen-bond acceptors (Lipinski definition) is 1. The lowest BCUT2D eigenvalue weighted by Crippen LogP contribution is -2.37. The summed E-state index contributed by atoms with van der Waals surface area (Å²) in [6.45, 7) is 6.81. The van der Waals surface area contributed by atoms with Gasteiger partial charge in [-0.15, -0.1) is 0 Å². The zero-order chi connectivity index (χ0) is 24.7. The number of fused-ring (bicyclic) bond motifs is 3. The lowest BCUT2D eigenvalue weighted by Gasteiger charge is -2.38. The molecule has 1 aromatic heterocycles. The topological polar surface area (TPSA) is 8.17 Å². The highest BCUT2D eigenvalue weighted by Crippen LogP contribution is 2.37. The van der Waals surface area contributed by atoms with E-state index in [1.54, 1.807) is 0 Å². The molecule has 0 aliphatic heterocycles. The highest BCUT2D eigenvalue weighted by molar-refractivity contribution is 6.09. The third-order valence-corrected chi connectivity index (χ3v) is 6.83. The summed E-state index contributed by atoms with van der Waals surface area (Å²) in [5.41, 5.74) is 8.34. The van der Waals surface area contributed by atoms with Gasteiger partial charge < -0.3 is 9.47 Å². The van der Waals surface area contributed by atoms with Gasteiger partial charge in [0.05, 0.1) is 11.0 Å². The molecular formula is C34H30N2. The Labute approximate surface area is 213 Å². The minimum absolute atomic E-state index is 0.103. The van der Waals surface area contributed by atoms with Crippen LogP contribution in [0.4, 0.5) is 11.4 Å². The Hall–Kier alpha value is -4.30. The van der Waals surface area contributed by atoms with Crippen LogP contribution in [0.5, 0.6) is 0 Å². The van der Waals surface area contributed by atoms with Crippen molar-refractivity contribution in [1.82, 2.24) is 4.57 Å². The first-order chi connectivity index (χ1) is 17.5. The number of benzene rings is 5. The lowest BCUT2D eigenvalue weighted by molar-refractivity contribution is 0.560. The maximum Gasteiger partial charge on any atom is 0.0541 e. The van der Waals surface area contributed by atoms with E-state index in [1.165, 1.54) is 50.0 Å². The van der Waals surface area contributed by atoms with E-state index in [2.05, 4.69) is 158 Å². The lowest BCUT2D eigenvalue weighted by atomic mass is 10.0. The summed E-state index contributed by atoms with van der Waals surface area (Å²) in [6, 6.07) is 45.7. The van der Waals surface area contributed by atoms with Gasteiger partial charge in [-0.05, 0) is 74.4 Å². The fourth-order valence-corrected chi connectivity index (χ4v) is 5.33. The van der Waals surface area contributed by atoms with Crippen LogP contribution in [-0.2, 0) is 0 Å². The van der Waals surface area contributed by atoms with Gasteiger partial charge in [0.25, 0.3) is 0 Å². The van der Waals surface area contributed by atoms with Gasteiger partial charge in [-0.3, -0.25) is 0 Å². The smallest absolute Gasteiger partial charge is 0.0541 e. The van der Waals surface area contributed by atoms with Gasteiger partial charge in [0.15, 0.2) is 0 Å². The van der Waals surface area contributed by atoms with Crippen molar-refractivity contribution in [1.29, 1.82) is 0 Å². The summed E-state index contributed by atoms with van der Waals surface area (Å²) in [5.74, 6) is 0. The highest BCUT2D eigenvalue weighted by Gasteiger charge is 2.24. The van der Waals surface area contributed by atoms with Gasteiger partial charge in [-0.2, -0.15) is 0 Å². The van der Waals surface area contributed by atoms with E-state index in [9.17, 15) is 0 Å². The molecule has 0 amide bonds. The van der Waals surface area contributed by atoms with E-state index in [-0.39, 0.29) is 5.54 Å². The van der Waals surface area contributed by atoms with E-state index >= 15 is 0 Å². The zero-order valence-corrected chi connectivity index (χ0v) is 21.0. The Bertz CT molecular complexity index is 1600. The molecule has 176 valence electrons. The van der Waals surface area contributed by atoms with Gasteiger partial charge >= 0.3 is 0 Å². The largest absolute Gasteiger partial charge is 0.336 e. The SMILES string of the molecule is CC(C)(C)N(c1ccc(-c2ccccc2)cc1)c1cccc(-n2c3ccccc3c3ccccc32)c1. The molecule has 0 radical (unpaired) electrons. The van der Waals surface area contributed by atoms with E-state index in [0.29, 0.717) is 0 Å². The normalized spacial score (nSPS) is 11.8. The molecule has 0 aliphatic carbocycles. The van der Waals surface area contributed by atoms with Gasteiger partial charge in [-0.1, -0.05) is 84.9 Å². The predicted octanol–water partition coefficient (Wildman–Crippen LogP) is 9.39. The van der Waals surface area contributed by atoms with Crippen LogP contribution < -0.4 is 4.90 Å². The Morgan fingerprint density at radius 1 is 0.500 bits per heavy atom. The molecule has 6 rings (SSSR count). The van der Waals surface area contributed by atoms with Crippen LogP contribution in [0.1, 0.15) is 20.8 Å². The molecule has 0 bridgehead atoms. The first-order valence-electron chi connectivity index (χ1n) is 12.5. The van der Waals surface area contributed by atoms with Crippen LogP contribution in [-0.4, -0.2) is 10.1 Å². The first kappa shape index (κ1) is 22.2. The van der Waals surface area contributed by atoms with E-state index in [0.717, 1.165) is 0 Å². The van der Waals surface area contributed by atoms with Crippen molar-refractivity contribution in [2.45, 2.75) is 26.3 Å². The van der Waals surface area contributed by atoms with Crippen molar-refractivity contribution < 1.29 is 0 Å². The second-order valence-corrected chi connectivity index (χ2v) is 10.3. The summed E-state index contributed by atoms with van der Waals surface area (Å²) >= 11 is 0. The average Bonchev–Trinajstić information content (AvgIpc) is 3.24. The molecule has 0 saturated carbocycles. The van der Waals surface area contributed by atoms with Crippen LogP contribution in [0.3, 0.4) is 0 Å². The fourth-order valence-electron chi connectivity index (χ4n) is 5.33. The van der Waals surface area contributed by atoms with E-state index in [4.69, 9.17) is 0 Å². The first-order valence-corrected chi connectivity index (χ1v) is 12.5. The number of aromatic nitrogens is 1. The van der Waals surface area contributed by atoms with Crippen molar-refractivity contribution in [2.24, 2.45) is 0 Å². The van der Waals surface area contributed by atoms with E-state index < -0.39 is 0 Å². The van der Waals surface area contributed by atoms with Crippen LogP contribution in [0, 0.1) is 0 Å². The average molecular weight is 467 g/mol. The second-order valence-electron chi connectivity index (χ2n) is 10.3. The molecule has 0 saturated heterocycles. The molecule has 1 heterocycles. The Kier molecular flexibility index (Phi) is 5.38. The number of nitrogens with zero attached hydrogens (tertiary/aromatic N) is 2. The minimum atomic E-state index is -0.103. The maximum atomic E-state index is 2.43. The molecular weight excluding hydrogens is 436 g/mol. The molecule has 0 fully saturated rings. The molecule has 2 nitrogen and oxygen atoms in total. The summed E-state index contributed by atoms with van der Waals surface area (Å²) in [5, 5.41) is 2.56. The molecule has 36 heavy (non-hydrogen) atoms. The second kappa shape index (κ2) is 8.73. The maximum absolute atomic E-state index is 2.43. The summed E-state index contributed by atoms with van der Waals surface area (Å²) in [7, 11) is 0. The number of anilines is 2. The van der Waals surface area contributed by atoms with Crippen molar-refractivity contribution >= 4 is 33.2 Å². The molecule has 0 unspecified atom stereocenters. The third kappa shape index (κ3) is 3.85. The molecule has 5 aromatic carbocycles. The Morgan fingerprint density at radius 2 is 1.06 bits per heavy atom. The molecule has 2 heteroatoms. The van der Waals surface area contributed by atoms with Gasteiger partial charge in [0, 0.05) is 33.4 Å². The predicted molar refractivity (Wildman–Crippen MR) is 155 cm³/mol. The summed E-state index contributed by atoms with van der Waals surface area (Å²) in [6.07, 6.45) is 0.